The van der Waals surface area contributed by atoms with Crippen molar-refractivity contribution in [3.05, 3.63) is 40.3 Å². The number of hydrogen-bond donors (Lipinski definition) is 0. The Morgan fingerprint density at radius 2 is 2.12 bits per heavy atom. The van der Waals surface area contributed by atoms with Crippen LogP contribution in [0.25, 0.3) is 6.08 Å². The van der Waals surface area contributed by atoms with E-state index in [4.69, 9.17) is 21.7 Å². The molecule has 6 heteroatoms. The van der Waals surface area contributed by atoms with Crippen LogP contribution in [0.2, 0.25) is 0 Å². The number of nitrogens with zero attached hydrogens (tertiary/aromatic N) is 1. The highest BCUT2D eigenvalue weighted by Crippen LogP contribution is 2.39. The summed E-state index contributed by atoms with van der Waals surface area (Å²) in [5, 5.41) is 0. The summed E-state index contributed by atoms with van der Waals surface area (Å²) in [6.45, 7) is 0.418. The summed E-state index contributed by atoms with van der Waals surface area (Å²) in [7, 11) is 1.63. The van der Waals surface area contributed by atoms with Gasteiger partial charge in [-0.2, -0.15) is 0 Å². The van der Waals surface area contributed by atoms with Gasteiger partial charge in [0.25, 0.3) is 5.91 Å². The van der Waals surface area contributed by atoms with Crippen LogP contribution < -0.4 is 9.47 Å². The Morgan fingerprint density at radius 3 is 2.88 bits per heavy atom. The van der Waals surface area contributed by atoms with Gasteiger partial charge in [-0.15, -0.1) is 0 Å². The van der Waals surface area contributed by atoms with Crippen molar-refractivity contribution in [3.63, 3.8) is 0 Å². The van der Waals surface area contributed by atoms with Gasteiger partial charge in [0.05, 0.1) is 12.0 Å². The molecule has 0 radical (unpaired) electrons. The molecule has 26 heavy (non-hydrogen) atoms. The largest absolute Gasteiger partial charge is 0.493 e. The number of thioether (sulfide) groups is 1. The molecule has 136 valence electrons. The van der Waals surface area contributed by atoms with E-state index in [2.05, 4.69) is 6.08 Å². The maximum absolute atomic E-state index is 12.9. The number of fused-ring (bicyclic) bond motifs is 1. The molecule has 0 bridgehead atoms. The Morgan fingerprint density at radius 1 is 1.31 bits per heavy atom. The molecule has 0 atom stereocenters. The molecule has 1 aromatic carbocycles. The van der Waals surface area contributed by atoms with E-state index in [1.54, 1.807) is 7.11 Å². The molecule has 0 N–H and O–H groups in total. The summed E-state index contributed by atoms with van der Waals surface area (Å²) < 4.78 is 11.9. The molecule has 2 aliphatic heterocycles. The predicted octanol–water partition coefficient (Wildman–Crippen LogP) is 4.55. The average Bonchev–Trinajstić information content (AvgIpc) is 2.95. The van der Waals surface area contributed by atoms with Gasteiger partial charge >= 0.3 is 0 Å². The second-order valence-electron chi connectivity index (χ2n) is 6.73. The molecule has 4 nitrogen and oxygen atoms in total. The van der Waals surface area contributed by atoms with Crippen LogP contribution in [0.4, 0.5) is 0 Å². The van der Waals surface area contributed by atoms with Crippen LogP contribution >= 0.6 is 24.0 Å². The fourth-order valence-electron chi connectivity index (χ4n) is 3.74. The van der Waals surface area contributed by atoms with Gasteiger partial charge in [-0.3, -0.25) is 9.69 Å². The highest BCUT2D eigenvalue weighted by Gasteiger charge is 2.37. The first-order chi connectivity index (χ1) is 12.7. The van der Waals surface area contributed by atoms with Crippen molar-refractivity contribution in [1.82, 2.24) is 4.90 Å². The quantitative estimate of drug-likeness (QED) is 0.562. The molecule has 0 unspecified atom stereocenters. The van der Waals surface area contributed by atoms with E-state index in [0.29, 0.717) is 15.8 Å². The third kappa shape index (κ3) is 3.28. The van der Waals surface area contributed by atoms with Gasteiger partial charge in [0.2, 0.25) is 0 Å². The van der Waals surface area contributed by atoms with Crippen LogP contribution in [-0.4, -0.2) is 34.9 Å². The van der Waals surface area contributed by atoms with E-state index < -0.39 is 0 Å². The van der Waals surface area contributed by atoms with Crippen molar-refractivity contribution in [3.8, 4) is 11.5 Å². The zero-order chi connectivity index (χ0) is 18.1. The fraction of sp³-hybridized carbons (Fsp3) is 0.400. The second-order valence-corrected chi connectivity index (χ2v) is 8.41. The van der Waals surface area contributed by atoms with Gasteiger partial charge in [0.15, 0.2) is 11.5 Å². The molecular formula is C20H21NO3S2. The molecule has 2 fully saturated rings. The summed E-state index contributed by atoms with van der Waals surface area (Å²) in [5.41, 5.74) is 1.93. The lowest BCUT2D eigenvalue weighted by Gasteiger charge is -2.29. The number of amides is 1. The smallest absolute Gasteiger partial charge is 0.266 e. The first kappa shape index (κ1) is 17.6. The molecule has 1 amide bonds. The van der Waals surface area contributed by atoms with Crippen molar-refractivity contribution in [2.24, 2.45) is 0 Å². The van der Waals surface area contributed by atoms with Crippen molar-refractivity contribution < 1.29 is 14.3 Å². The van der Waals surface area contributed by atoms with E-state index in [9.17, 15) is 4.79 Å². The van der Waals surface area contributed by atoms with Gasteiger partial charge in [0.1, 0.15) is 10.9 Å². The van der Waals surface area contributed by atoms with E-state index in [0.717, 1.165) is 35.5 Å². The van der Waals surface area contributed by atoms with Gasteiger partial charge in [-0.1, -0.05) is 55.4 Å². The first-order valence-corrected chi connectivity index (χ1v) is 10.2. The Bertz CT molecular complexity index is 809. The van der Waals surface area contributed by atoms with Crippen LogP contribution in [-0.2, 0) is 4.79 Å². The van der Waals surface area contributed by atoms with Gasteiger partial charge in [0, 0.05) is 11.6 Å². The van der Waals surface area contributed by atoms with E-state index in [1.165, 1.54) is 31.0 Å². The molecule has 1 aliphatic carbocycles. The number of methoxy groups -OCH3 is 1. The lowest BCUT2D eigenvalue weighted by molar-refractivity contribution is -0.124. The van der Waals surface area contributed by atoms with Gasteiger partial charge < -0.3 is 9.47 Å². The number of hydrogen-bond acceptors (Lipinski definition) is 5. The highest BCUT2D eigenvalue weighted by molar-refractivity contribution is 8.26. The molecular weight excluding hydrogens is 366 g/mol. The molecule has 3 aliphatic rings. The van der Waals surface area contributed by atoms with Gasteiger partial charge in [-0.05, 0) is 36.6 Å². The molecule has 1 saturated heterocycles. The number of carbonyl (C=O) groups excluding carboxylic acids is 1. The molecule has 1 saturated carbocycles. The maximum Gasteiger partial charge on any atom is 0.266 e. The van der Waals surface area contributed by atoms with Gasteiger partial charge in [-0.25, -0.2) is 0 Å². The normalized spacial score (nSPS) is 22.3. The number of thiocarbonyl (C=S) groups is 1. The van der Waals surface area contributed by atoms with E-state index in [1.807, 2.05) is 29.2 Å². The van der Waals surface area contributed by atoms with Crippen LogP contribution in [0.1, 0.15) is 37.7 Å². The maximum atomic E-state index is 12.9. The summed E-state index contributed by atoms with van der Waals surface area (Å²) in [6, 6.07) is 6.07. The highest BCUT2D eigenvalue weighted by atomic mass is 32.2. The lowest BCUT2D eigenvalue weighted by Crippen LogP contribution is -2.39. The fourth-order valence-corrected chi connectivity index (χ4v) is 5.16. The minimum absolute atomic E-state index is 0.0456. The molecule has 4 rings (SSSR count). The molecule has 0 aromatic heterocycles. The molecule has 1 aromatic rings. The number of benzene rings is 1. The predicted molar refractivity (Wildman–Crippen MR) is 108 cm³/mol. The third-order valence-corrected chi connectivity index (χ3v) is 6.36. The Hall–Kier alpha value is -1.79. The van der Waals surface area contributed by atoms with Crippen LogP contribution in [0.15, 0.2) is 34.8 Å². The monoisotopic (exact) mass is 387 g/mol. The van der Waals surface area contributed by atoms with Crippen LogP contribution in [0.3, 0.4) is 0 Å². The SMILES string of the molecule is COc1cccc2c1OCC(/C=C1\SC(=S)N(C3CCCCC3)C1=O)=C2. The van der Waals surface area contributed by atoms with Crippen molar-refractivity contribution in [2.75, 3.05) is 13.7 Å². The zero-order valence-electron chi connectivity index (χ0n) is 14.7. The lowest BCUT2D eigenvalue weighted by atomic mass is 9.94. The zero-order valence-corrected chi connectivity index (χ0v) is 16.3. The second kappa shape index (κ2) is 7.45. The van der Waals surface area contributed by atoms with Crippen molar-refractivity contribution in [1.29, 1.82) is 0 Å². The topological polar surface area (TPSA) is 38.8 Å². The number of carbonyl (C=O) groups is 1. The summed E-state index contributed by atoms with van der Waals surface area (Å²) in [4.78, 5) is 15.4. The van der Waals surface area contributed by atoms with E-state index in [-0.39, 0.29) is 11.9 Å². The number of rotatable bonds is 3. The Labute approximate surface area is 163 Å². The number of para-hydroxylation sites is 1. The minimum Gasteiger partial charge on any atom is -0.493 e. The third-order valence-electron chi connectivity index (χ3n) is 5.03. The van der Waals surface area contributed by atoms with Crippen molar-refractivity contribution in [2.45, 2.75) is 38.1 Å². The average molecular weight is 388 g/mol. The van der Waals surface area contributed by atoms with Crippen LogP contribution in [0, 0.1) is 0 Å². The van der Waals surface area contributed by atoms with Crippen LogP contribution in [0.5, 0.6) is 11.5 Å². The summed E-state index contributed by atoms with van der Waals surface area (Å²) in [6.07, 6.45) is 9.70. The first-order valence-electron chi connectivity index (χ1n) is 8.95. The summed E-state index contributed by atoms with van der Waals surface area (Å²) in [5.74, 6) is 1.52. The molecule has 2 heterocycles. The Kier molecular flexibility index (Phi) is 5.05. The van der Waals surface area contributed by atoms with E-state index >= 15 is 0 Å². The summed E-state index contributed by atoms with van der Waals surface area (Å²) >= 11 is 6.90. The standard InChI is InChI=1S/C20H21NO3S2/c1-23-16-9-5-6-14-10-13(12-24-18(14)16)11-17-19(22)21(20(25)26-17)15-7-3-2-4-8-15/h5-6,9-11,15H,2-4,7-8,12H2,1H3/b17-11-. The Balaban J connectivity index is 1.58. The minimum atomic E-state index is 0.0456. The molecule has 0 spiro atoms. The van der Waals surface area contributed by atoms with Crippen molar-refractivity contribution >= 4 is 40.3 Å². The number of ether oxygens (including phenoxy) is 2.